The van der Waals surface area contributed by atoms with E-state index in [1.807, 2.05) is 24.0 Å². The average molecular weight is 263 g/mol. The molecule has 1 amide bonds. The Bertz CT molecular complexity index is 475. The van der Waals surface area contributed by atoms with E-state index in [1.165, 1.54) is 0 Å². The van der Waals surface area contributed by atoms with Crippen LogP contribution in [0.1, 0.15) is 31.0 Å². The van der Waals surface area contributed by atoms with Gasteiger partial charge in [-0.25, -0.2) is 0 Å². The topological polar surface area (TPSA) is 59.2 Å². The molecule has 1 saturated heterocycles. The molecule has 4 nitrogen and oxygen atoms in total. The highest BCUT2D eigenvalue weighted by Gasteiger charge is 2.24. The van der Waals surface area contributed by atoms with E-state index in [0.717, 1.165) is 24.9 Å². The number of piperidine rings is 1. The van der Waals surface area contributed by atoms with Gasteiger partial charge in [-0.15, -0.1) is 0 Å². The summed E-state index contributed by atoms with van der Waals surface area (Å²) in [5.41, 5.74) is 7.19. The van der Waals surface area contributed by atoms with Gasteiger partial charge in [0, 0.05) is 25.2 Å². The molecule has 1 aromatic rings. The third kappa shape index (κ3) is 2.85. The standard InChI is InChI=1S/C13H17N3OS/c1-9-3-2-6-16(13(9)17)8-10-4-5-15-11(7-10)12(14)18/h4-5,7,9H,2-3,6,8H2,1H3,(H2,14,18). The molecular weight excluding hydrogens is 246 g/mol. The molecule has 5 heteroatoms. The molecular formula is C13H17N3OS. The van der Waals surface area contributed by atoms with E-state index in [2.05, 4.69) is 4.98 Å². The Morgan fingerprint density at radius 2 is 2.44 bits per heavy atom. The Morgan fingerprint density at radius 1 is 1.67 bits per heavy atom. The number of hydrogen-bond acceptors (Lipinski definition) is 3. The molecule has 1 unspecified atom stereocenters. The Hall–Kier alpha value is -1.49. The van der Waals surface area contributed by atoms with Crippen LogP contribution in [0, 0.1) is 5.92 Å². The highest BCUT2D eigenvalue weighted by molar-refractivity contribution is 7.80. The van der Waals surface area contributed by atoms with Gasteiger partial charge in [-0.1, -0.05) is 19.1 Å². The summed E-state index contributed by atoms with van der Waals surface area (Å²) >= 11 is 4.90. The Kier molecular flexibility index (Phi) is 3.91. The van der Waals surface area contributed by atoms with Crippen molar-refractivity contribution in [2.75, 3.05) is 6.54 Å². The smallest absolute Gasteiger partial charge is 0.225 e. The molecule has 1 aliphatic rings. The first kappa shape index (κ1) is 13.0. The Balaban J connectivity index is 2.11. The zero-order valence-electron chi connectivity index (χ0n) is 10.4. The largest absolute Gasteiger partial charge is 0.388 e. The first-order valence-electron chi connectivity index (χ1n) is 6.11. The van der Waals surface area contributed by atoms with Gasteiger partial charge < -0.3 is 10.6 Å². The molecule has 0 spiro atoms. The van der Waals surface area contributed by atoms with Crippen LogP contribution in [0.3, 0.4) is 0 Å². The van der Waals surface area contributed by atoms with Crippen molar-refractivity contribution in [3.05, 3.63) is 29.6 Å². The molecule has 2 rings (SSSR count). The van der Waals surface area contributed by atoms with Gasteiger partial charge in [0.25, 0.3) is 0 Å². The van der Waals surface area contributed by atoms with Crippen molar-refractivity contribution < 1.29 is 4.79 Å². The zero-order chi connectivity index (χ0) is 13.1. The SMILES string of the molecule is CC1CCCN(Cc2ccnc(C(N)=S)c2)C1=O. The molecule has 0 saturated carbocycles. The fraction of sp³-hybridized carbons (Fsp3) is 0.462. The fourth-order valence-electron chi connectivity index (χ4n) is 2.22. The predicted molar refractivity (Wildman–Crippen MR) is 73.9 cm³/mol. The minimum atomic E-state index is 0.135. The normalized spacial score (nSPS) is 19.9. The maximum absolute atomic E-state index is 12.0. The van der Waals surface area contributed by atoms with Crippen LogP contribution in [0.2, 0.25) is 0 Å². The van der Waals surface area contributed by atoms with E-state index in [4.69, 9.17) is 18.0 Å². The number of thiocarbonyl (C=S) groups is 1. The van der Waals surface area contributed by atoms with E-state index in [-0.39, 0.29) is 16.8 Å². The highest BCUT2D eigenvalue weighted by atomic mass is 32.1. The molecule has 0 aliphatic carbocycles. The van der Waals surface area contributed by atoms with Gasteiger partial charge in [0.05, 0.1) is 5.69 Å². The van der Waals surface area contributed by atoms with Crippen LogP contribution in [0.4, 0.5) is 0 Å². The number of aromatic nitrogens is 1. The summed E-state index contributed by atoms with van der Waals surface area (Å²) in [5.74, 6) is 0.366. The van der Waals surface area contributed by atoms with Gasteiger partial charge in [0.2, 0.25) is 5.91 Å². The lowest BCUT2D eigenvalue weighted by Gasteiger charge is -2.30. The Morgan fingerprint density at radius 3 is 3.17 bits per heavy atom. The number of carbonyl (C=O) groups excluding carboxylic acids is 1. The lowest BCUT2D eigenvalue weighted by molar-refractivity contribution is -0.138. The quantitative estimate of drug-likeness (QED) is 0.839. The maximum atomic E-state index is 12.0. The van der Waals surface area contributed by atoms with E-state index in [0.29, 0.717) is 12.2 Å². The number of carbonyl (C=O) groups is 1. The van der Waals surface area contributed by atoms with Crippen LogP contribution >= 0.6 is 12.2 Å². The Labute approximate surface area is 112 Å². The highest BCUT2D eigenvalue weighted by Crippen LogP contribution is 2.19. The van der Waals surface area contributed by atoms with Crippen LogP contribution in [-0.4, -0.2) is 27.3 Å². The van der Waals surface area contributed by atoms with E-state index in [1.54, 1.807) is 6.20 Å². The lowest BCUT2D eigenvalue weighted by Crippen LogP contribution is -2.39. The van der Waals surface area contributed by atoms with Crippen molar-refractivity contribution in [3.8, 4) is 0 Å². The van der Waals surface area contributed by atoms with Crippen molar-refractivity contribution in [1.82, 2.24) is 9.88 Å². The monoisotopic (exact) mass is 263 g/mol. The fourth-order valence-corrected chi connectivity index (χ4v) is 2.33. The van der Waals surface area contributed by atoms with Gasteiger partial charge in [-0.05, 0) is 30.5 Å². The zero-order valence-corrected chi connectivity index (χ0v) is 11.2. The van der Waals surface area contributed by atoms with Crippen LogP contribution in [0.15, 0.2) is 18.3 Å². The van der Waals surface area contributed by atoms with Crippen molar-refractivity contribution in [3.63, 3.8) is 0 Å². The first-order valence-corrected chi connectivity index (χ1v) is 6.52. The third-order valence-corrected chi connectivity index (χ3v) is 3.46. The molecule has 96 valence electrons. The van der Waals surface area contributed by atoms with Crippen LogP contribution < -0.4 is 5.73 Å². The summed E-state index contributed by atoms with van der Waals surface area (Å²) in [5, 5.41) is 0. The van der Waals surface area contributed by atoms with E-state index >= 15 is 0 Å². The van der Waals surface area contributed by atoms with Crippen molar-refractivity contribution in [1.29, 1.82) is 0 Å². The average Bonchev–Trinajstić information content (AvgIpc) is 2.35. The minimum absolute atomic E-state index is 0.135. The van der Waals surface area contributed by atoms with Crippen molar-refractivity contribution >= 4 is 23.1 Å². The summed E-state index contributed by atoms with van der Waals surface area (Å²) in [7, 11) is 0. The van der Waals surface area contributed by atoms with Gasteiger partial charge in [-0.2, -0.15) is 0 Å². The van der Waals surface area contributed by atoms with Crippen LogP contribution in [-0.2, 0) is 11.3 Å². The first-order chi connectivity index (χ1) is 8.58. The van der Waals surface area contributed by atoms with Gasteiger partial charge >= 0.3 is 0 Å². The second kappa shape index (κ2) is 5.44. The summed E-state index contributed by atoms with van der Waals surface area (Å²) < 4.78 is 0. The molecule has 0 aromatic carbocycles. The number of amides is 1. The minimum Gasteiger partial charge on any atom is -0.388 e. The summed E-state index contributed by atoms with van der Waals surface area (Å²) in [6.45, 7) is 3.43. The number of hydrogen-bond donors (Lipinski definition) is 1. The lowest BCUT2D eigenvalue weighted by atomic mass is 9.99. The third-order valence-electron chi connectivity index (χ3n) is 3.25. The van der Waals surface area contributed by atoms with Crippen LogP contribution in [0.25, 0.3) is 0 Å². The molecule has 1 atom stereocenters. The van der Waals surface area contributed by atoms with E-state index < -0.39 is 0 Å². The van der Waals surface area contributed by atoms with Crippen LogP contribution in [0.5, 0.6) is 0 Å². The van der Waals surface area contributed by atoms with E-state index in [9.17, 15) is 4.79 Å². The van der Waals surface area contributed by atoms with Crippen molar-refractivity contribution in [2.24, 2.45) is 11.7 Å². The second-order valence-corrected chi connectivity index (χ2v) is 5.16. The van der Waals surface area contributed by atoms with Gasteiger partial charge in [-0.3, -0.25) is 9.78 Å². The number of likely N-dealkylation sites (tertiary alicyclic amines) is 1. The number of nitrogens with two attached hydrogens (primary N) is 1. The number of pyridine rings is 1. The van der Waals surface area contributed by atoms with Gasteiger partial charge in [0.15, 0.2) is 0 Å². The summed E-state index contributed by atoms with van der Waals surface area (Å²) in [4.78, 5) is 18.3. The summed E-state index contributed by atoms with van der Waals surface area (Å²) in [6.07, 6.45) is 3.74. The summed E-state index contributed by atoms with van der Waals surface area (Å²) in [6, 6.07) is 3.75. The molecule has 1 aliphatic heterocycles. The number of nitrogens with zero attached hydrogens (tertiary/aromatic N) is 2. The molecule has 18 heavy (non-hydrogen) atoms. The maximum Gasteiger partial charge on any atom is 0.225 e. The van der Waals surface area contributed by atoms with Gasteiger partial charge in [0.1, 0.15) is 4.99 Å². The molecule has 0 bridgehead atoms. The number of rotatable bonds is 3. The predicted octanol–water partition coefficient (Wildman–Crippen LogP) is 1.47. The molecule has 1 fully saturated rings. The molecule has 1 aromatic heterocycles. The molecule has 0 radical (unpaired) electrons. The second-order valence-electron chi connectivity index (χ2n) is 4.72. The molecule has 2 heterocycles. The molecule has 2 N–H and O–H groups in total. The van der Waals surface area contributed by atoms with Crippen molar-refractivity contribution in [2.45, 2.75) is 26.3 Å².